The molecule has 0 fully saturated rings. The molecule has 0 bridgehead atoms. The summed E-state index contributed by atoms with van der Waals surface area (Å²) in [5, 5.41) is 3.95. The molecule has 0 saturated heterocycles. The van der Waals surface area contributed by atoms with E-state index in [1.807, 2.05) is 43.3 Å². The summed E-state index contributed by atoms with van der Waals surface area (Å²) in [6, 6.07) is 19.7. The van der Waals surface area contributed by atoms with Crippen LogP contribution >= 0.6 is 0 Å². The first kappa shape index (κ1) is 24.5. The molecule has 3 rings (SSSR count). The number of esters is 1. The van der Waals surface area contributed by atoms with Gasteiger partial charge in [0.25, 0.3) is 5.91 Å². The van der Waals surface area contributed by atoms with E-state index in [-0.39, 0.29) is 18.3 Å². The molecule has 0 heterocycles. The second kappa shape index (κ2) is 11.7. The monoisotopic (exact) mass is 460 g/mol. The molecule has 7 nitrogen and oxygen atoms in total. The van der Waals surface area contributed by atoms with E-state index in [1.165, 1.54) is 18.9 Å². The standard InChI is InChI=1S/C27H28N2O5/c1-18(2)21-10-12-23(13-11-21)33-17-26(30)29-28-16-20-7-14-24(25(15-20)32-4)34-27(31)22-8-5-19(3)6-9-22/h5-16,18H,17H2,1-4H3,(H,29,30)/b28-16+. The predicted octanol–water partition coefficient (Wildman–Crippen LogP) is 4.88. The van der Waals surface area contributed by atoms with Crippen molar-refractivity contribution >= 4 is 18.1 Å². The van der Waals surface area contributed by atoms with Crippen molar-refractivity contribution in [1.82, 2.24) is 5.43 Å². The van der Waals surface area contributed by atoms with Crippen molar-refractivity contribution < 1.29 is 23.8 Å². The van der Waals surface area contributed by atoms with Crippen LogP contribution in [0.5, 0.6) is 17.2 Å². The van der Waals surface area contributed by atoms with Crippen LogP contribution in [0, 0.1) is 6.92 Å². The van der Waals surface area contributed by atoms with Gasteiger partial charge in [0.15, 0.2) is 18.1 Å². The summed E-state index contributed by atoms with van der Waals surface area (Å²) in [6.45, 7) is 6.01. The molecular formula is C27H28N2O5. The highest BCUT2D eigenvalue weighted by molar-refractivity contribution is 5.91. The van der Waals surface area contributed by atoms with Crippen molar-refractivity contribution in [3.8, 4) is 17.2 Å². The summed E-state index contributed by atoms with van der Waals surface area (Å²) in [6.07, 6.45) is 1.46. The van der Waals surface area contributed by atoms with Crippen molar-refractivity contribution in [3.05, 3.63) is 89.0 Å². The van der Waals surface area contributed by atoms with E-state index >= 15 is 0 Å². The summed E-state index contributed by atoms with van der Waals surface area (Å²) < 4.78 is 16.3. The van der Waals surface area contributed by atoms with Crippen LogP contribution in [-0.2, 0) is 4.79 Å². The summed E-state index contributed by atoms with van der Waals surface area (Å²) in [5.41, 5.74) is 5.77. The van der Waals surface area contributed by atoms with E-state index in [4.69, 9.17) is 14.2 Å². The van der Waals surface area contributed by atoms with Crippen molar-refractivity contribution in [2.45, 2.75) is 26.7 Å². The first-order valence-corrected chi connectivity index (χ1v) is 10.9. The molecule has 3 aromatic rings. The Morgan fingerprint density at radius 3 is 2.32 bits per heavy atom. The molecule has 0 aliphatic carbocycles. The van der Waals surface area contributed by atoms with E-state index in [0.717, 1.165) is 5.56 Å². The van der Waals surface area contributed by atoms with E-state index in [1.54, 1.807) is 30.3 Å². The summed E-state index contributed by atoms with van der Waals surface area (Å²) in [4.78, 5) is 24.4. The van der Waals surface area contributed by atoms with E-state index in [9.17, 15) is 9.59 Å². The van der Waals surface area contributed by atoms with Gasteiger partial charge in [0.2, 0.25) is 0 Å². The zero-order valence-corrected chi connectivity index (χ0v) is 19.7. The number of nitrogens with one attached hydrogen (secondary N) is 1. The Kier molecular flexibility index (Phi) is 8.40. The van der Waals surface area contributed by atoms with Crippen LogP contribution in [0.1, 0.15) is 46.8 Å². The fourth-order valence-electron chi connectivity index (χ4n) is 3.01. The Hall–Kier alpha value is -4.13. The maximum atomic E-state index is 12.4. The molecule has 0 aromatic heterocycles. The van der Waals surface area contributed by atoms with Crippen LogP contribution in [-0.4, -0.2) is 31.8 Å². The zero-order valence-electron chi connectivity index (χ0n) is 19.7. The highest BCUT2D eigenvalue weighted by atomic mass is 16.6. The zero-order chi connectivity index (χ0) is 24.5. The van der Waals surface area contributed by atoms with Crippen LogP contribution in [0.4, 0.5) is 0 Å². The minimum Gasteiger partial charge on any atom is -0.493 e. The van der Waals surface area contributed by atoms with Gasteiger partial charge < -0.3 is 14.2 Å². The number of nitrogens with zero attached hydrogens (tertiary/aromatic N) is 1. The number of amides is 1. The van der Waals surface area contributed by atoms with Gasteiger partial charge in [-0.25, -0.2) is 10.2 Å². The van der Waals surface area contributed by atoms with Gasteiger partial charge in [-0.2, -0.15) is 5.10 Å². The first-order chi connectivity index (χ1) is 16.4. The van der Waals surface area contributed by atoms with Gasteiger partial charge in [-0.05, 0) is 66.4 Å². The second-order valence-electron chi connectivity index (χ2n) is 7.97. The van der Waals surface area contributed by atoms with E-state index < -0.39 is 5.97 Å². The second-order valence-corrected chi connectivity index (χ2v) is 7.97. The Morgan fingerprint density at radius 1 is 0.971 bits per heavy atom. The molecule has 0 aliphatic heterocycles. The molecule has 3 aromatic carbocycles. The highest BCUT2D eigenvalue weighted by Gasteiger charge is 2.13. The fourth-order valence-corrected chi connectivity index (χ4v) is 3.01. The fraction of sp³-hybridized carbons (Fsp3) is 0.222. The predicted molar refractivity (Wildman–Crippen MR) is 131 cm³/mol. The Labute approximate surface area is 199 Å². The summed E-state index contributed by atoms with van der Waals surface area (Å²) in [5.74, 6) is 0.823. The third-order valence-corrected chi connectivity index (χ3v) is 5.00. The maximum Gasteiger partial charge on any atom is 0.343 e. The number of benzene rings is 3. The lowest BCUT2D eigenvalue weighted by molar-refractivity contribution is -0.123. The number of hydrazone groups is 1. The average molecular weight is 461 g/mol. The maximum absolute atomic E-state index is 12.4. The molecular weight excluding hydrogens is 432 g/mol. The van der Waals surface area contributed by atoms with Crippen LogP contribution in [0.3, 0.4) is 0 Å². The SMILES string of the molecule is COc1cc(/C=N/NC(=O)COc2ccc(C(C)C)cc2)ccc1OC(=O)c1ccc(C)cc1. The third-order valence-electron chi connectivity index (χ3n) is 5.00. The number of carbonyl (C=O) groups excluding carboxylic acids is 2. The Morgan fingerprint density at radius 2 is 1.68 bits per heavy atom. The van der Waals surface area contributed by atoms with Crippen LogP contribution in [0.2, 0.25) is 0 Å². The lowest BCUT2D eigenvalue weighted by Crippen LogP contribution is -2.24. The lowest BCUT2D eigenvalue weighted by atomic mass is 10.0. The van der Waals surface area contributed by atoms with E-state index in [2.05, 4.69) is 24.4 Å². The molecule has 0 saturated carbocycles. The first-order valence-electron chi connectivity index (χ1n) is 10.9. The molecule has 0 aliphatic rings. The minimum absolute atomic E-state index is 0.157. The van der Waals surface area contributed by atoms with Gasteiger partial charge in [0.1, 0.15) is 5.75 Å². The van der Waals surface area contributed by atoms with Gasteiger partial charge >= 0.3 is 5.97 Å². The van der Waals surface area contributed by atoms with Crippen LogP contribution < -0.4 is 19.6 Å². The average Bonchev–Trinajstić information content (AvgIpc) is 2.84. The normalized spacial score (nSPS) is 10.9. The van der Waals surface area contributed by atoms with Gasteiger partial charge in [-0.15, -0.1) is 0 Å². The molecule has 0 radical (unpaired) electrons. The molecule has 1 N–H and O–H groups in total. The number of methoxy groups -OCH3 is 1. The smallest absolute Gasteiger partial charge is 0.343 e. The van der Waals surface area contributed by atoms with E-state index in [0.29, 0.717) is 28.5 Å². The topological polar surface area (TPSA) is 86.2 Å². The van der Waals surface area contributed by atoms with Crippen molar-refractivity contribution in [2.75, 3.05) is 13.7 Å². The molecule has 0 unspecified atom stereocenters. The van der Waals surface area contributed by atoms with Gasteiger partial charge in [-0.3, -0.25) is 4.79 Å². The number of hydrogen-bond acceptors (Lipinski definition) is 6. The number of rotatable bonds is 9. The minimum atomic E-state index is -0.481. The Bertz CT molecular complexity index is 1150. The molecule has 7 heteroatoms. The quantitative estimate of drug-likeness (QED) is 0.213. The number of carbonyl (C=O) groups is 2. The summed E-state index contributed by atoms with van der Waals surface area (Å²) in [7, 11) is 1.48. The third kappa shape index (κ3) is 6.93. The number of hydrogen-bond donors (Lipinski definition) is 1. The summed E-state index contributed by atoms with van der Waals surface area (Å²) >= 11 is 0. The number of ether oxygens (including phenoxy) is 3. The molecule has 0 atom stereocenters. The van der Waals surface area contributed by atoms with Crippen LogP contribution in [0.25, 0.3) is 0 Å². The van der Waals surface area contributed by atoms with Gasteiger partial charge in [0.05, 0.1) is 18.9 Å². The van der Waals surface area contributed by atoms with Crippen molar-refractivity contribution in [1.29, 1.82) is 0 Å². The van der Waals surface area contributed by atoms with Crippen LogP contribution in [0.15, 0.2) is 71.8 Å². The largest absolute Gasteiger partial charge is 0.493 e. The molecule has 1 amide bonds. The van der Waals surface area contributed by atoms with Crippen molar-refractivity contribution in [3.63, 3.8) is 0 Å². The molecule has 0 spiro atoms. The molecule has 34 heavy (non-hydrogen) atoms. The Balaban J connectivity index is 1.53. The number of aryl methyl sites for hydroxylation is 1. The molecule has 176 valence electrons. The highest BCUT2D eigenvalue weighted by Crippen LogP contribution is 2.28. The van der Waals surface area contributed by atoms with Gasteiger partial charge in [-0.1, -0.05) is 43.7 Å². The lowest BCUT2D eigenvalue weighted by Gasteiger charge is -2.10. The van der Waals surface area contributed by atoms with Crippen molar-refractivity contribution in [2.24, 2.45) is 5.10 Å². The van der Waals surface area contributed by atoms with Gasteiger partial charge in [0, 0.05) is 0 Å².